The Labute approximate surface area is 105 Å². The first-order valence-electron chi connectivity index (χ1n) is 5.30. The van der Waals surface area contributed by atoms with Crippen LogP contribution in [0.3, 0.4) is 0 Å². The van der Waals surface area contributed by atoms with E-state index in [2.05, 4.69) is 0 Å². The lowest BCUT2D eigenvalue weighted by Crippen LogP contribution is -2.12. The van der Waals surface area contributed by atoms with Crippen molar-refractivity contribution in [2.24, 2.45) is 11.7 Å². The topological polar surface area (TPSA) is 70.0 Å². The number of nitrogens with zero attached hydrogens (tertiary/aromatic N) is 1. The van der Waals surface area contributed by atoms with Crippen LogP contribution in [0.4, 0.5) is 4.39 Å². The van der Waals surface area contributed by atoms with E-state index < -0.39 is 17.6 Å². The largest absolute Gasteiger partial charge is 0.505 e. The minimum Gasteiger partial charge on any atom is -0.505 e. The van der Waals surface area contributed by atoms with Crippen molar-refractivity contribution < 1.29 is 9.50 Å². The van der Waals surface area contributed by atoms with Crippen LogP contribution in [-0.2, 0) is 0 Å². The van der Waals surface area contributed by atoms with Crippen LogP contribution in [-0.4, -0.2) is 5.11 Å². The first-order valence-corrected chi connectivity index (χ1v) is 5.30. The minimum absolute atomic E-state index is 0. The number of nitriles is 1. The summed E-state index contributed by atoms with van der Waals surface area (Å²) in [6.45, 7) is 0. The van der Waals surface area contributed by atoms with E-state index in [-0.39, 0.29) is 18.0 Å². The average Bonchev–Trinajstić information content (AvgIpc) is 3.05. The number of halogens is 2. The van der Waals surface area contributed by atoms with Crippen molar-refractivity contribution in [3.63, 3.8) is 0 Å². The highest BCUT2D eigenvalue weighted by atomic mass is 35.5. The fraction of sp³-hybridized carbons (Fsp3) is 0.417. The van der Waals surface area contributed by atoms with Gasteiger partial charge < -0.3 is 10.8 Å². The molecule has 0 saturated heterocycles. The molecule has 0 bridgehead atoms. The van der Waals surface area contributed by atoms with Crippen molar-refractivity contribution in [3.05, 3.63) is 29.1 Å². The van der Waals surface area contributed by atoms with E-state index in [0.717, 1.165) is 25.3 Å². The predicted molar refractivity (Wildman–Crippen MR) is 64.3 cm³/mol. The fourth-order valence-corrected chi connectivity index (χ4v) is 1.81. The van der Waals surface area contributed by atoms with Crippen LogP contribution in [0.15, 0.2) is 12.1 Å². The molecule has 1 fully saturated rings. The highest BCUT2D eigenvalue weighted by molar-refractivity contribution is 5.85. The van der Waals surface area contributed by atoms with E-state index in [4.69, 9.17) is 11.0 Å². The van der Waals surface area contributed by atoms with E-state index in [9.17, 15) is 9.50 Å². The Kier molecular flexibility index (Phi) is 4.33. The maximum Gasteiger partial charge on any atom is 0.166 e. The fourth-order valence-electron chi connectivity index (χ4n) is 1.81. The maximum absolute atomic E-state index is 13.3. The Hall–Kier alpha value is -1.31. The van der Waals surface area contributed by atoms with Gasteiger partial charge in [0, 0.05) is 11.6 Å². The number of rotatable bonds is 3. The van der Waals surface area contributed by atoms with Gasteiger partial charge in [-0.3, -0.25) is 0 Å². The monoisotopic (exact) mass is 256 g/mol. The van der Waals surface area contributed by atoms with Crippen LogP contribution in [0, 0.1) is 23.1 Å². The van der Waals surface area contributed by atoms with Gasteiger partial charge in [0.05, 0.1) is 11.6 Å². The molecule has 1 aliphatic carbocycles. The van der Waals surface area contributed by atoms with Gasteiger partial charge in [-0.2, -0.15) is 5.26 Å². The molecular formula is C12H14ClFN2O. The number of nitrogens with two attached hydrogens (primary N) is 1. The van der Waals surface area contributed by atoms with E-state index in [0.29, 0.717) is 11.5 Å². The summed E-state index contributed by atoms with van der Waals surface area (Å²) in [6.07, 6.45) is 3.03. The standard InChI is InChI=1S/C12H13FN2O.ClH/c13-10-4-8(6-14)3-9(12(10)16)11(15)5-7-1-2-7;/h3-4,7,11,16H,1-2,5,15H2;1H/t11-;/m1./s1. The Morgan fingerprint density at radius 1 is 1.53 bits per heavy atom. The van der Waals surface area contributed by atoms with Crippen LogP contribution in [0.25, 0.3) is 0 Å². The summed E-state index contributed by atoms with van der Waals surface area (Å²) >= 11 is 0. The van der Waals surface area contributed by atoms with Crippen LogP contribution in [0.2, 0.25) is 0 Å². The van der Waals surface area contributed by atoms with E-state index in [1.54, 1.807) is 0 Å². The zero-order chi connectivity index (χ0) is 11.7. The van der Waals surface area contributed by atoms with Crippen molar-refractivity contribution in [2.75, 3.05) is 0 Å². The molecule has 0 amide bonds. The third-order valence-corrected chi connectivity index (χ3v) is 2.91. The lowest BCUT2D eigenvalue weighted by Gasteiger charge is -2.13. The second-order valence-corrected chi connectivity index (χ2v) is 4.29. The van der Waals surface area contributed by atoms with Crippen LogP contribution < -0.4 is 5.73 Å². The second kappa shape index (κ2) is 5.35. The van der Waals surface area contributed by atoms with E-state index in [1.165, 1.54) is 6.07 Å². The summed E-state index contributed by atoms with van der Waals surface area (Å²) in [4.78, 5) is 0. The van der Waals surface area contributed by atoms with Crippen molar-refractivity contribution >= 4 is 12.4 Å². The normalized spacial score (nSPS) is 15.8. The minimum atomic E-state index is -0.778. The Balaban J connectivity index is 0.00000144. The molecule has 0 heterocycles. The molecular weight excluding hydrogens is 243 g/mol. The molecule has 0 aromatic heterocycles. The summed E-state index contributed by atoms with van der Waals surface area (Å²) in [7, 11) is 0. The summed E-state index contributed by atoms with van der Waals surface area (Å²) < 4.78 is 13.3. The Bertz CT molecular complexity index is 455. The molecule has 2 rings (SSSR count). The zero-order valence-corrected chi connectivity index (χ0v) is 10.0. The number of hydrogen-bond acceptors (Lipinski definition) is 3. The van der Waals surface area contributed by atoms with Crippen molar-refractivity contribution in [1.82, 2.24) is 0 Å². The van der Waals surface area contributed by atoms with Gasteiger partial charge in [-0.25, -0.2) is 4.39 Å². The molecule has 3 nitrogen and oxygen atoms in total. The van der Waals surface area contributed by atoms with Gasteiger partial charge in [0.2, 0.25) is 0 Å². The molecule has 1 aliphatic rings. The van der Waals surface area contributed by atoms with E-state index in [1.807, 2.05) is 6.07 Å². The van der Waals surface area contributed by atoms with Crippen molar-refractivity contribution in [3.8, 4) is 11.8 Å². The summed E-state index contributed by atoms with van der Waals surface area (Å²) in [5.74, 6) is -0.615. The summed E-state index contributed by atoms with van der Waals surface area (Å²) in [6, 6.07) is 3.94. The Morgan fingerprint density at radius 3 is 2.71 bits per heavy atom. The molecule has 1 aromatic carbocycles. The quantitative estimate of drug-likeness (QED) is 0.873. The van der Waals surface area contributed by atoms with Gasteiger partial charge in [-0.15, -0.1) is 12.4 Å². The molecule has 0 unspecified atom stereocenters. The van der Waals surface area contributed by atoms with Crippen LogP contribution >= 0.6 is 12.4 Å². The summed E-state index contributed by atoms with van der Waals surface area (Å²) in [5.41, 5.74) is 6.42. The molecule has 92 valence electrons. The Morgan fingerprint density at radius 2 is 2.18 bits per heavy atom. The molecule has 0 aliphatic heterocycles. The van der Waals surface area contributed by atoms with Crippen molar-refractivity contribution in [1.29, 1.82) is 5.26 Å². The lowest BCUT2D eigenvalue weighted by molar-refractivity contribution is 0.416. The summed E-state index contributed by atoms with van der Waals surface area (Å²) in [5, 5.41) is 18.3. The van der Waals surface area contributed by atoms with Gasteiger partial charge in [0.1, 0.15) is 0 Å². The van der Waals surface area contributed by atoms with Crippen LogP contribution in [0.5, 0.6) is 5.75 Å². The van der Waals surface area contributed by atoms with Gasteiger partial charge in [-0.05, 0) is 24.5 Å². The lowest BCUT2D eigenvalue weighted by atomic mass is 9.99. The van der Waals surface area contributed by atoms with E-state index >= 15 is 0 Å². The average molecular weight is 257 g/mol. The molecule has 0 spiro atoms. The number of aromatic hydroxyl groups is 1. The highest BCUT2D eigenvalue weighted by Gasteiger charge is 2.26. The van der Waals surface area contributed by atoms with Gasteiger partial charge in [-0.1, -0.05) is 12.8 Å². The third-order valence-electron chi connectivity index (χ3n) is 2.91. The number of hydrogen-bond donors (Lipinski definition) is 2. The molecule has 0 radical (unpaired) electrons. The van der Waals surface area contributed by atoms with Gasteiger partial charge >= 0.3 is 0 Å². The maximum atomic E-state index is 13.3. The molecule has 5 heteroatoms. The van der Waals surface area contributed by atoms with Crippen LogP contribution in [0.1, 0.15) is 36.4 Å². The number of benzene rings is 1. The number of phenols is 1. The third kappa shape index (κ3) is 3.09. The highest BCUT2D eigenvalue weighted by Crippen LogP contribution is 2.39. The molecule has 3 N–H and O–H groups in total. The van der Waals surface area contributed by atoms with Crippen molar-refractivity contribution in [2.45, 2.75) is 25.3 Å². The molecule has 1 atom stereocenters. The molecule has 17 heavy (non-hydrogen) atoms. The predicted octanol–water partition coefficient (Wildman–Crippen LogP) is 2.62. The zero-order valence-electron chi connectivity index (χ0n) is 9.19. The molecule has 1 aromatic rings. The van der Waals surface area contributed by atoms with Gasteiger partial charge in [0.25, 0.3) is 0 Å². The second-order valence-electron chi connectivity index (χ2n) is 4.29. The SMILES string of the molecule is Cl.N#Cc1cc(F)c(O)c([C@H](N)CC2CC2)c1. The first-order chi connectivity index (χ1) is 7.61. The smallest absolute Gasteiger partial charge is 0.166 e. The number of phenolic OH excluding ortho intramolecular Hbond substituents is 1. The molecule has 1 saturated carbocycles. The van der Waals surface area contributed by atoms with Gasteiger partial charge in [0.15, 0.2) is 11.6 Å². The first kappa shape index (κ1) is 13.8.